The van der Waals surface area contributed by atoms with Gasteiger partial charge in [0.2, 0.25) is 5.91 Å². The molecule has 0 aliphatic heterocycles. The van der Waals surface area contributed by atoms with Gasteiger partial charge in [-0.3, -0.25) is 4.79 Å². The van der Waals surface area contributed by atoms with Crippen molar-refractivity contribution in [2.45, 2.75) is 46.0 Å². The first-order valence-corrected chi connectivity index (χ1v) is 6.04. The normalized spacial score (nSPS) is 12.8. The molecule has 0 radical (unpaired) electrons. The van der Waals surface area contributed by atoms with Crippen LogP contribution in [-0.4, -0.2) is 5.91 Å². The summed E-state index contributed by atoms with van der Waals surface area (Å²) in [7, 11) is 0. The highest BCUT2D eigenvalue weighted by molar-refractivity contribution is 5.92. The van der Waals surface area contributed by atoms with Crippen LogP contribution in [0.1, 0.15) is 46.0 Å². The summed E-state index contributed by atoms with van der Waals surface area (Å²) >= 11 is 0. The van der Waals surface area contributed by atoms with E-state index in [0.29, 0.717) is 5.57 Å². The molecule has 16 heavy (non-hydrogen) atoms. The highest BCUT2D eigenvalue weighted by Gasteiger charge is 2.01. The van der Waals surface area contributed by atoms with Crippen LogP contribution in [0.4, 0.5) is 0 Å². The maximum atomic E-state index is 11.1. The Hall–Kier alpha value is -1.31. The van der Waals surface area contributed by atoms with Gasteiger partial charge in [-0.1, -0.05) is 57.1 Å². The van der Waals surface area contributed by atoms with E-state index in [1.807, 2.05) is 24.3 Å². The fourth-order valence-electron chi connectivity index (χ4n) is 1.23. The molecule has 0 aromatic rings. The molecule has 0 unspecified atom stereocenters. The first kappa shape index (κ1) is 14.7. The predicted octanol–water partition coefficient (Wildman–Crippen LogP) is 3.50. The lowest BCUT2D eigenvalue weighted by Gasteiger charge is -1.99. The summed E-state index contributed by atoms with van der Waals surface area (Å²) in [5.74, 6) is -0.310. The Morgan fingerprint density at radius 1 is 1.12 bits per heavy atom. The molecule has 2 heteroatoms. The lowest BCUT2D eigenvalue weighted by Crippen LogP contribution is -2.13. The molecule has 90 valence electrons. The van der Waals surface area contributed by atoms with Crippen molar-refractivity contribution >= 4 is 5.91 Å². The Labute approximate surface area is 98.9 Å². The second-order valence-corrected chi connectivity index (χ2v) is 3.76. The number of unbranched alkanes of at least 4 members (excludes halogenated alkanes) is 2. The van der Waals surface area contributed by atoms with E-state index in [-0.39, 0.29) is 5.91 Å². The third-order valence-electron chi connectivity index (χ3n) is 2.23. The summed E-state index contributed by atoms with van der Waals surface area (Å²) in [6, 6.07) is 0. The van der Waals surface area contributed by atoms with E-state index >= 15 is 0 Å². The Morgan fingerprint density at radius 2 is 1.88 bits per heavy atom. The van der Waals surface area contributed by atoms with Crippen molar-refractivity contribution in [3.63, 3.8) is 0 Å². The molecule has 0 atom stereocenters. The third kappa shape index (κ3) is 8.04. The van der Waals surface area contributed by atoms with Crippen LogP contribution in [0.5, 0.6) is 0 Å². The number of allylic oxidation sites excluding steroid dienone is 5. The average Bonchev–Trinajstić information content (AvgIpc) is 2.26. The van der Waals surface area contributed by atoms with Gasteiger partial charge in [0.25, 0.3) is 0 Å². The van der Waals surface area contributed by atoms with E-state index in [0.717, 1.165) is 32.1 Å². The first-order chi connectivity index (χ1) is 7.72. The van der Waals surface area contributed by atoms with Crippen molar-refractivity contribution in [1.82, 2.24) is 0 Å². The smallest absolute Gasteiger partial charge is 0.244 e. The molecule has 0 saturated heterocycles. The number of hydrogen-bond donors (Lipinski definition) is 1. The Balaban J connectivity index is 4.16. The van der Waals surface area contributed by atoms with Crippen LogP contribution >= 0.6 is 0 Å². The van der Waals surface area contributed by atoms with Crippen LogP contribution in [0, 0.1) is 0 Å². The molecule has 2 nitrogen and oxygen atoms in total. The highest BCUT2D eigenvalue weighted by atomic mass is 16.1. The molecule has 0 aliphatic carbocycles. The predicted molar refractivity (Wildman–Crippen MR) is 70.0 cm³/mol. The van der Waals surface area contributed by atoms with Crippen LogP contribution in [-0.2, 0) is 4.79 Å². The van der Waals surface area contributed by atoms with Gasteiger partial charge in [-0.25, -0.2) is 0 Å². The van der Waals surface area contributed by atoms with E-state index in [1.165, 1.54) is 0 Å². The minimum absolute atomic E-state index is 0.310. The molecule has 0 fully saturated rings. The first-order valence-electron chi connectivity index (χ1n) is 6.04. The van der Waals surface area contributed by atoms with Gasteiger partial charge in [-0.05, 0) is 19.3 Å². The summed E-state index contributed by atoms with van der Waals surface area (Å²) in [6.07, 6.45) is 14.8. The molecule has 0 aliphatic rings. The standard InChI is InChI=1S/C14H23NO/c1-3-5-7-8-9-10-12-13(14(15)16)11-6-4-2/h7-10,12H,3-6,11H2,1-2H3,(H2,15,16). The zero-order valence-corrected chi connectivity index (χ0v) is 10.4. The molecule has 0 saturated carbocycles. The number of carbonyl (C=O) groups is 1. The quantitative estimate of drug-likeness (QED) is 0.494. The fourth-order valence-corrected chi connectivity index (χ4v) is 1.23. The van der Waals surface area contributed by atoms with Crippen LogP contribution in [0.2, 0.25) is 0 Å². The number of rotatable bonds is 8. The molecule has 1 amide bonds. The third-order valence-corrected chi connectivity index (χ3v) is 2.23. The molecular weight excluding hydrogens is 198 g/mol. The van der Waals surface area contributed by atoms with E-state index < -0.39 is 0 Å². The second kappa shape index (κ2) is 10.2. The zero-order valence-electron chi connectivity index (χ0n) is 10.4. The molecular formula is C14H23NO. The van der Waals surface area contributed by atoms with Crippen LogP contribution in [0.15, 0.2) is 36.0 Å². The van der Waals surface area contributed by atoms with Gasteiger partial charge in [0.15, 0.2) is 0 Å². The van der Waals surface area contributed by atoms with E-state index in [4.69, 9.17) is 5.73 Å². The van der Waals surface area contributed by atoms with Gasteiger partial charge in [0, 0.05) is 5.57 Å². The molecule has 0 aromatic heterocycles. The van der Waals surface area contributed by atoms with Crippen molar-refractivity contribution in [2.24, 2.45) is 5.73 Å². The van der Waals surface area contributed by atoms with Gasteiger partial charge >= 0.3 is 0 Å². The molecule has 0 rings (SSSR count). The van der Waals surface area contributed by atoms with E-state index in [2.05, 4.69) is 19.9 Å². The molecule has 0 heterocycles. The van der Waals surface area contributed by atoms with Crippen LogP contribution in [0.25, 0.3) is 0 Å². The van der Waals surface area contributed by atoms with Crippen molar-refractivity contribution < 1.29 is 4.79 Å². The van der Waals surface area contributed by atoms with Gasteiger partial charge in [0.05, 0.1) is 0 Å². The maximum absolute atomic E-state index is 11.1. The zero-order chi connectivity index (χ0) is 12.2. The largest absolute Gasteiger partial charge is 0.366 e. The summed E-state index contributed by atoms with van der Waals surface area (Å²) in [5.41, 5.74) is 5.99. The summed E-state index contributed by atoms with van der Waals surface area (Å²) in [6.45, 7) is 4.24. The van der Waals surface area contributed by atoms with Crippen LogP contribution < -0.4 is 5.73 Å². The molecule has 0 bridgehead atoms. The fraction of sp³-hybridized carbons (Fsp3) is 0.500. The molecule has 2 N–H and O–H groups in total. The Kier molecular flexibility index (Phi) is 9.38. The van der Waals surface area contributed by atoms with Crippen molar-refractivity contribution in [1.29, 1.82) is 0 Å². The second-order valence-electron chi connectivity index (χ2n) is 3.76. The number of carbonyl (C=O) groups excluding carboxylic acids is 1. The summed E-state index contributed by atoms with van der Waals surface area (Å²) in [5, 5.41) is 0. The SMILES string of the molecule is CCCC=CC=CC=C(CCCC)C(N)=O. The minimum atomic E-state index is -0.310. The van der Waals surface area contributed by atoms with Gasteiger partial charge in [-0.2, -0.15) is 0 Å². The maximum Gasteiger partial charge on any atom is 0.244 e. The van der Waals surface area contributed by atoms with Crippen molar-refractivity contribution in [3.05, 3.63) is 36.0 Å². The Bertz CT molecular complexity index is 274. The van der Waals surface area contributed by atoms with Crippen molar-refractivity contribution in [2.75, 3.05) is 0 Å². The molecule has 0 spiro atoms. The molecule has 0 aromatic carbocycles. The van der Waals surface area contributed by atoms with E-state index in [1.54, 1.807) is 0 Å². The number of hydrogen-bond acceptors (Lipinski definition) is 1. The number of primary amides is 1. The minimum Gasteiger partial charge on any atom is -0.366 e. The van der Waals surface area contributed by atoms with Gasteiger partial charge in [-0.15, -0.1) is 0 Å². The summed E-state index contributed by atoms with van der Waals surface area (Å²) < 4.78 is 0. The lowest BCUT2D eigenvalue weighted by atomic mass is 10.1. The Morgan fingerprint density at radius 3 is 2.44 bits per heavy atom. The topological polar surface area (TPSA) is 43.1 Å². The number of nitrogens with two attached hydrogens (primary N) is 1. The number of amides is 1. The average molecular weight is 221 g/mol. The lowest BCUT2D eigenvalue weighted by molar-refractivity contribution is -0.114. The summed E-state index contributed by atoms with van der Waals surface area (Å²) in [4.78, 5) is 11.1. The van der Waals surface area contributed by atoms with E-state index in [9.17, 15) is 4.79 Å². The van der Waals surface area contributed by atoms with Gasteiger partial charge < -0.3 is 5.73 Å². The van der Waals surface area contributed by atoms with Crippen LogP contribution in [0.3, 0.4) is 0 Å². The monoisotopic (exact) mass is 221 g/mol. The van der Waals surface area contributed by atoms with Crippen molar-refractivity contribution in [3.8, 4) is 0 Å². The van der Waals surface area contributed by atoms with Gasteiger partial charge in [0.1, 0.15) is 0 Å². The highest BCUT2D eigenvalue weighted by Crippen LogP contribution is 2.06.